The standard InChI is InChI=1S/C13H18N2O5/c1-9(2)20-12-8-10(4-5-11(12)15(17)18)14-7-6-13(16)19-3/h4-5,8-9,14H,6-7H2,1-3H3. The molecular weight excluding hydrogens is 264 g/mol. The topological polar surface area (TPSA) is 90.7 Å². The molecule has 0 unspecified atom stereocenters. The first-order valence-corrected chi connectivity index (χ1v) is 6.19. The lowest BCUT2D eigenvalue weighted by atomic mass is 10.2. The van der Waals surface area contributed by atoms with Crippen molar-refractivity contribution >= 4 is 17.3 Å². The van der Waals surface area contributed by atoms with E-state index >= 15 is 0 Å². The van der Waals surface area contributed by atoms with Crippen molar-refractivity contribution in [1.82, 2.24) is 0 Å². The Balaban J connectivity index is 2.78. The van der Waals surface area contributed by atoms with Crippen LogP contribution < -0.4 is 10.1 Å². The molecule has 1 rings (SSSR count). The molecule has 110 valence electrons. The maximum atomic E-state index is 11.0. The number of hydrogen-bond acceptors (Lipinski definition) is 6. The number of carbonyl (C=O) groups excluding carboxylic acids is 1. The fourth-order valence-corrected chi connectivity index (χ4v) is 1.53. The number of nitrogens with one attached hydrogen (secondary N) is 1. The summed E-state index contributed by atoms with van der Waals surface area (Å²) in [6, 6.07) is 4.50. The maximum absolute atomic E-state index is 11.0. The molecule has 1 aromatic rings. The van der Waals surface area contributed by atoms with Gasteiger partial charge in [0.15, 0.2) is 5.75 Å². The lowest BCUT2D eigenvalue weighted by Crippen LogP contribution is -2.11. The number of methoxy groups -OCH3 is 1. The average molecular weight is 282 g/mol. The van der Waals surface area contributed by atoms with Crippen LogP contribution in [0.5, 0.6) is 5.75 Å². The minimum absolute atomic E-state index is 0.0859. The molecule has 7 nitrogen and oxygen atoms in total. The van der Waals surface area contributed by atoms with Crippen LogP contribution in [-0.4, -0.2) is 30.7 Å². The van der Waals surface area contributed by atoms with Gasteiger partial charge < -0.3 is 14.8 Å². The van der Waals surface area contributed by atoms with Crippen LogP contribution in [-0.2, 0) is 9.53 Å². The third-order valence-electron chi connectivity index (χ3n) is 2.41. The summed E-state index contributed by atoms with van der Waals surface area (Å²) in [5.74, 6) is -0.119. The first-order chi connectivity index (χ1) is 9.43. The van der Waals surface area contributed by atoms with Crippen LogP contribution in [0.25, 0.3) is 0 Å². The fourth-order valence-electron chi connectivity index (χ4n) is 1.53. The van der Waals surface area contributed by atoms with E-state index in [0.29, 0.717) is 12.2 Å². The smallest absolute Gasteiger partial charge is 0.311 e. The minimum atomic E-state index is -0.490. The normalized spacial score (nSPS) is 10.2. The SMILES string of the molecule is COC(=O)CCNc1ccc([N+](=O)[O-])c(OC(C)C)c1. The first kappa shape index (κ1) is 15.7. The van der Waals surface area contributed by atoms with Gasteiger partial charge in [0, 0.05) is 24.4 Å². The van der Waals surface area contributed by atoms with E-state index in [1.807, 2.05) is 0 Å². The second-order valence-electron chi connectivity index (χ2n) is 4.36. The van der Waals surface area contributed by atoms with Crippen molar-refractivity contribution in [3.63, 3.8) is 0 Å². The second kappa shape index (κ2) is 7.32. The first-order valence-electron chi connectivity index (χ1n) is 6.19. The molecule has 0 spiro atoms. The number of nitro benzene ring substituents is 1. The summed E-state index contributed by atoms with van der Waals surface area (Å²) in [6.45, 7) is 3.97. The Kier molecular flexibility index (Phi) is 5.76. The van der Waals surface area contributed by atoms with Crippen molar-refractivity contribution in [2.24, 2.45) is 0 Å². The van der Waals surface area contributed by atoms with E-state index in [1.54, 1.807) is 26.0 Å². The highest BCUT2D eigenvalue weighted by atomic mass is 16.6. The van der Waals surface area contributed by atoms with E-state index in [4.69, 9.17) is 4.74 Å². The zero-order valence-electron chi connectivity index (χ0n) is 11.7. The monoisotopic (exact) mass is 282 g/mol. The summed E-state index contributed by atoms with van der Waals surface area (Å²) >= 11 is 0. The largest absolute Gasteiger partial charge is 0.484 e. The fraction of sp³-hybridized carbons (Fsp3) is 0.462. The number of hydrogen-bond donors (Lipinski definition) is 1. The van der Waals surface area contributed by atoms with Crippen LogP contribution in [0.4, 0.5) is 11.4 Å². The molecule has 1 aromatic carbocycles. The van der Waals surface area contributed by atoms with Gasteiger partial charge in [0.1, 0.15) is 0 Å². The van der Waals surface area contributed by atoms with Crippen LogP contribution in [0.2, 0.25) is 0 Å². The van der Waals surface area contributed by atoms with Gasteiger partial charge in [-0.25, -0.2) is 0 Å². The Hall–Kier alpha value is -2.31. The lowest BCUT2D eigenvalue weighted by molar-refractivity contribution is -0.386. The number of anilines is 1. The van der Waals surface area contributed by atoms with E-state index in [2.05, 4.69) is 10.1 Å². The van der Waals surface area contributed by atoms with Gasteiger partial charge in [-0.05, 0) is 19.9 Å². The average Bonchev–Trinajstić information content (AvgIpc) is 2.37. The van der Waals surface area contributed by atoms with E-state index < -0.39 is 4.92 Å². The predicted octanol–water partition coefficient (Wildman–Crippen LogP) is 2.36. The third-order valence-corrected chi connectivity index (χ3v) is 2.41. The highest BCUT2D eigenvalue weighted by Gasteiger charge is 2.16. The number of benzene rings is 1. The molecule has 0 amide bonds. The Morgan fingerprint density at radius 1 is 1.45 bits per heavy atom. The van der Waals surface area contributed by atoms with Gasteiger partial charge in [-0.15, -0.1) is 0 Å². The van der Waals surface area contributed by atoms with Crippen molar-refractivity contribution in [3.05, 3.63) is 28.3 Å². The molecule has 0 aromatic heterocycles. The van der Waals surface area contributed by atoms with E-state index in [1.165, 1.54) is 13.2 Å². The molecule has 0 heterocycles. The third kappa shape index (κ3) is 4.75. The molecule has 0 saturated heterocycles. The molecule has 0 radical (unpaired) electrons. The molecule has 1 N–H and O–H groups in total. The van der Waals surface area contributed by atoms with Crippen molar-refractivity contribution < 1.29 is 19.2 Å². The van der Waals surface area contributed by atoms with Gasteiger partial charge in [0.05, 0.1) is 24.6 Å². The molecule has 0 bridgehead atoms. The molecule has 0 atom stereocenters. The lowest BCUT2D eigenvalue weighted by Gasteiger charge is -2.12. The molecule has 0 aliphatic rings. The summed E-state index contributed by atoms with van der Waals surface area (Å²) in [7, 11) is 1.32. The van der Waals surface area contributed by atoms with Gasteiger partial charge in [-0.3, -0.25) is 14.9 Å². The second-order valence-corrected chi connectivity index (χ2v) is 4.36. The van der Waals surface area contributed by atoms with Gasteiger partial charge in [0.25, 0.3) is 0 Å². The molecule has 0 saturated carbocycles. The summed E-state index contributed by atoms with van der Waals surface area (Å²) in [4.78, 5) is 21.4. The van der Waals surface area contributed by atoms with Gasteiger partial charge >= 0.3 is 11.7 Å². The summed E-state index contributed by atoms with van der Waals surface area (Å²) < 4.78 is 9.94. The minimum Gasteiger partial charge on any atom is -0.484 e. The number of esters is 1. The van der Waals surface area contributed by atoms with Gasteiger partial charge in [-0.2, -0.15) is 0 Å². The van der Waals surface area contributed by atoms with Crippen LogP contribution in [0.3, 0.4) is 0 Å². The Morgan fingerprint density at radius 2 is 2.15 bits per heavy atom. The van der Waals surface area contributed by atoms with Crippen LogP contribution in [0.1, 0.15) is 20.3 Å². The molecule has 7 heteroatoms. The summed E-state index contributed by atoms with van der Waals surface area (Å²) in [5, 5.41) is 13.9. The number of ether oxygens (including phenoxy) is 2. The zero-order chi connectivity index (χ0) is 15.1. The molecular formula is C13H18N2O5. The van der Waals surface area contributed by atoms with Crippen LogP contribution in [0, 0.1) is 10.1 Å². The summed E-state index contributed by atoms with van der Waals surface area (Å²) in [5.41, 5.74) is 0.562. The number of nitrogens with zero attached hydrogens (tertiary/aromatic N) is 1. The highest BCUT2D eigenvalue weighted by molar-refractivity contribution is 5.70. The van der Waals surface area contributed by atoms with E-state index in [-0.39, 0.29) is 29.9 Å². The number of rotatable bonds is 7. The highest BCUT2D eigenvalue weighted by Crippen LogP contribution is 2.30. The summed E-state index contributed by atoms with van der Waals surface area (Å²) in [6.07, 6.45) is 0.0486. The molecule has 20 heavy (non-hydrogen) atoms. The van der Waals surface area contributed by atoms with Crippen molar-refractivity contribution in [2.75, 3.05) is 19.0 Å². The number of nitro groups is 1. The van der Waals surface area contributed by atoms with Crippen molar-refractivity contribution in [3.8, 4) is 5.75 Å². The number of carbonyl (C=O) groups is 1. The molecule has 0 aliphatic heterocycles. The van der Waals surface area contributed by atoms with E-state index in [9.17, 15) is 14.9 Å². The Labute approximate surface area is 117 Å². The predicted molar refractivity (Wildman–Crippen MR) is 74.0 cm³/mol. The van der Waals surface area contributed by atoms with Crippen molar-refractivity contribution in [1.29, 1.82) is 0 Å². The molecule has 0 fully saturated rings. The van der Waals surface area contributed by atoms with Crippen LogP contribution in [0.15, 0.2) is 18.2 Å². The zero-order valence-corrected chi connectivity index (χ0v) is 11.7. The van der Waals surface area contributed by atoms with Gasteiger partial charge in [-0.1, -0.05) is 0 Å². The Bertz CT molecular complexity index is 488. The Morgan fingerprint density at radius 3 is 2.70 bits per heavy atom. The molecule has 0 aliphatic carbocycles. The quantitative estimate of drug-likeness (QED) is 0.469. The van der Waals surface area contributed by atoms with E-state index in [0.717, 1.165) is 0 Å². The maximum Gasteiger partial charge on any atom is 0.311 e. The van der Waals surface area contributed by atoms with Gasteiger partial charge in [0.2, 0.25) is 0 Å². The van der Waals surface area contributed by atoms with Crippen LogP contribution >= 0.6 is 0 Å². The van der Waals surface area contributed by atoms with Crippen molar-refractivity contribution in [2.45, 2.75) is 26.4 Å².